The Kier molecular flexibility index (Phi) is 71.6. The second kappa shape index (κ2) is 73.0. The highest BCUT2D eigenvalue weighted by molar-refractivity contribution is 7.47. The van der Waals surface area contributed by atoms with Crippen molar-refractivity contribution in [2.45, 2.75) is 445 Å². The molecule has 0 saturated carbocycles. The van der Waals surface area contributed by atoms with Gasteiger partial charge in [-0.05, 0) is 31.6 Å². The molecular weight excluding hydrogens is 1290 g/mol. The molecule has 0 aliphatic carbocycles. The molecule has 0 radical (unpaired) electrons. The Balaban J connectivity index is 5.18. The van der Waals surface area contributed by atoms with Gasteiger partial charge < -0.3 is 33.8 Å². The summed E-state index contributed by atoms with van der Waals surface area (Å²) >= 11 is 0. The Hall–Kier alpha value is -1.94. The predicted molar refractivity (Wildman–Crippen MR) is 405 cm³/mol. The highest BCUT2D eigenvalue weighted by atomic mass is 31.2. The van der Waals surface area contributed by atoms with Gasteiger partial charge >= 0.3 is 39.5 Å². The van der Waals surface area contributed by atoms with Gasteiger partial charge in [0.25, 0.3) is 0 Å². The van der Waals surface area contributed by atoms with Crippen LogP contribution in [0.4, 0.5) is 0 Å². The molecule has 0 aliphatic heterocycles. The van der Waals surface area contributed by atoms with E-state index >= 15 is 0 Å². The lowest BCUT2D eigenvalue weighted by atomic mass is 9.99. The Morgan fingerprint density at radius 1 is 0.283 bits per heavy atom. The Labute approximate surface area is 607 Å². The summed E-state index contributed by atoms with van der Waals surface area (Å²) in [5.41, 5.74) is 0. The first-order chi connectivity index (χ1) is 48.1. The summed E-state index contributed by atoms with van der Waals surface area (Å²) in [5, 5.41) is 10.6. The van der Waals surface area contributed by atoms with Crippen LogP contribution in [-0.2, 0) is 65.4 Å². The van der Waals surface area contributed by atoms with Gasteiger partial charge in [-0.25, -0.2) is 9.13 Å². The summed E-state index contributed by atoms with van der Waals surface area (Å²) in [6.07, 6.45) is 64.0. The van der Waals surface area contributed by atoms with Crippen LogP contribution in [0.3, 0.4) is 0 Å². The molecule has 99 heavy (non-hydrogen) atoms. The lowest BCUT2D eigenvalue weighted by Crippen LogP contribution is -2.30. The van der Waals surface area contributed by atoms with E-state index in [4.69, 9.17) is 37.0 Å². The number of aliphatic hydroxyl groups excluding tert-OH is 1. The molecule has 0 amide bonds. The predicted octanol–water partition coefficient (Wildman–Crippen LogP) is 24.0. The van der Waals surface area contributed by atoms with E-state index in [1.54, 1.807) is 0 Å². The molecule has 0 aromatic heterocycles. The Bertz CT molecular complexity index is 1890. The van der Waals surface area contributed by atoms with E-state index in [-0.39, 0.29) is 25.7 Å². The number of carbonyl (C=O) groups excluding carboxylic acids is 4. The molecule has 0 aromatic carbocycles. The summed E-state index contributed by atoms with van der Waals surface area (Å²) in [7, 11) is -9.91. The molecule has 0 rings (SSSR count). The van der Waals surface area contributed by atoms with Crippen molar-refractivity contribution in [3.8, 4) is 0 Å². The molecule has 588 valence electrons. The van der Waals surface area contributed by atoms with Crippen molar-refractivity contribution in [3.63, 3.8) is 0 Å². The van der Waals surface area contributed by atoms with E-state index in [9.17, 15) is 43.2 Å². The maximum Gasteiger partial charge on any atom is 0.472 e. The van der Waals surface area contributed by atoms with Crippen molar-refractivity contribution < 1.29 is 80.2 Å². The molecule has 0 bridgehead atoms. The number of phosphoric ester groups is 2. The minimum Gasteiger partial charge on any atom is -0.462 e. The summed E-state index contributed by atoms with van der Waals surface area (Å²) in [6, 6.07) is 0. The number of hydrogen-bond donors (Lipinski definition) is 3. The standard InChI is InChI=1S/C80H156O17P2/c1-6-10-13-16-19-22-24-26-28-30-32-33-34-36-38-40-42-44-50-55-60-65-79(84)96-76(70-91-78(83)64-59-54-49-43-41-39-37-35-31-29-27-25-23-20-17-14-11-7-2)72-95-99(88,89)93-68-74(81)67-92-98(86,87)94-71-75(69-90-77(82)63-58-53-48-21-18-15-12-8-3)97-80(85)66-61-56-51-46-45-47-52-57-62-73(5)9-4/h73-76,81H,6-72H2,1-5H3,(H,86,87)(H,88,89)/t73?,74-,75+,76+/m0/s1. The van der Waals surface area contributed by atoms with Crippen LogP contribution in [0, 0.1) is 5.92 Å². The first-order valence-corrected chi connectivity index (χ1v) is 44.7. The second-order valence-corrected chi connectivity index (χ2v) is 32.0. The molecule has 6 atom stereocenters. The van der Waals surface area contributed by atoms with Crippen LogP contribution in [0.15, 0.2) is 0 Å². The van der Waals surface area contributed by atoms with Gasteiger partial charge in [0.05, 0.1) is 26.4 Å². The van der Waals surface area contributed by atoms with Crippen molar-refractivity contribution in [1.29, 1.82) is 0 Å². The average Bonchev–Trinajstić information content (AvgIpc) is 1.02. The summed E-state index contributed by atoms with van der Waals surface area (Å²) in [5.74, 6) is -1.34. The smallest absolute Gasteiger partial charge is 0.462 e. The Morgan fingerprint density at radius 2 is 0.485 bits per heavy atom. The first kappa shape index (κ1) is 97.1. The fraction of sp³-hybridized carbons (Fsp3) is 0.950. The second-order valence-electron chi connectivity index (χ2n) is 29.1. The quantitative estimate of drug-likeness (QED) is 0.0222. The average molecular weight is 1450 g/mol. The molecule has 0 heterocycles. The summed E-state index contributed by atoms with van der Waals surface area (Å²) < 4.78 is 68.6. The number of phosphoric acid groups is 2. The summed E-state index contributed by atoms with van der Waals surface area (Å²) in [6.45, 7) is 7.28. The molecule has 0 aliphatic rings. The third kappa shape index (κ3) is 72.8. The zero-order valence-electron chi connectivity index (χ0n) is 64.6. The van der Waals surface area contributed by atoms with Crippen molar-refractivity contribution in [3.05, 3.63) is 0 Å². The van der Waals surface area contributed by atoms with E-state index in [1.807, 2.05) is 0 Å². The van der Waals surface area contributed by atoms with E-state index < -0.39 is 97.5 Å². The highest BCUT2D eigenvalue weighted by Crippen LogP contribution is 2.45. The largest absolute Gasteiger partial charge is 0.472 e. The molecule has 0 aromatic rings. The van der Waals surface area contributed by atoms with Crippen LogP contribution in [-0.4, -0.2) is 96.7 Å². The fourth-order valence-corrected chi connectivity index (χ4v) is 14.0. The van der Waals surface area contributed by atoms with E-state index in [1.165, 1.54) is 244 Å². The minimum atomic E-state index is -4.96. The topological polar surface area (TPSA) is 237 Å². The van der Waals surface area contributed by atoms with Crippen molar-refractivity contribution in [1.82, 2.24) is 0 Å². The zero-order chi connectivity index (χ0) is 72.7. The lowest BCUT2D eigenvalue weighted by molar-refractivity contribution is -0.161. The SMILES string of the molecule is CCCCCCCCCCCCCCCCCCCCCCCC(=O)O[C@H](COC(=O)CCCCCCCCCCCCCCCCCCCC)COP(=O)(O)OC[C@@H](O)COP(=O)(O)OC[C@@H](COC(=O)CCCCCCCCCC)OC(=O)CCCCCCCCCCC(C)CC. The van der Waals surface area contributed by atoms with E-state index in [2.05, 4.69) is 34.6 Å². The molecule has 0 spiro atoms. The van der Waals surface area contributed by atoms with Crippen LogP contribution in [0.25, 0.3) is 0 Å². The van der Waals surface area contributed by atoms with Crippen LogP contribution in [0.2, 0.25) is 0 Å². The van der Waals surface area contributed by atoms with Crippen LogP contribution in [0.1, 0.15) is 426 Å². The zero-order valence-corrected chi connectivity index (χ0v) is 66.4. The number of ether oxygens (including phenoxy) is 4. The fourth-order valence-electron chi connectivity index (χ4n) is 12.4. The van der Waals surface area contributed by atoms with Gasteiger partial charge in [-0.1, -0.05) is 375 Å². The number of aliphatic hydroxyl groups is 1. The molecule has 3 unspecified atom stereocenters. The maximum atomic E-state index is 13.1. The van der Waals surface area contributed by atoms with Gasteiger partial charge in [-0.15, -0.1) is 0 Å². The van der Waals surface area contributed by atoms with Gasteiger partial charge in [0.15, 0.2) is 12.2 Å². The molecule has 0 saturated heterocycles. The number of hydrogen-bond acceptors (Lipinski definition) is 15. The van der Waals surface area contributed by atoms with Gasteiger partial charge in [0.2, 0.25) is 0 Å². The lowest BCUT2D eigenvalue weighted by Gasteiger charge is -2.21. The number of unbranched alkanes of at least 4 members (excludes halogenated alkanes) is 51. The van der Waals surface area contributed by atoms with Crippen LogP contribution in [0.5, 0.6) is 0 Å². The van der Waals surface area contributed by atoms with Gasteiger partial charge in [-0.2, -0.15) is 0 Å². The number of carbonyl (C=O) groups is 4. The Morgan fingerprint density at radius 3 is 0.717 bits per heavy atom. The minimum absolute atomic E-state index is 0.105. The van der Waals surface area contributed by atoms with Gasteiger partial charge in [0, 0.05) is 25.7 Å². The van der Waals surface area contributed by atoms with Crippen molar-refractivity contribution in [2.24, 2.45) is 5.92 Å². The first-order valence-electron chi connectivity index (χ1n) is 41.7. The molecular formula is C80H156O17P2. The molecule has 19 heteroatoms. The van der Waals surface area contributed by atoms with Gasteiger partial charge in [0.1, 0.15) is 19.3 Å². The van der Waals surface area contributed by atoms with Crippen LogP contribution < -0.4 is 0 Å². The number of rotatable bonds is 80. The molecule has 3 N–H and O–H groups in total. The maximum absolute atomic E-state index is 13.1. The molecule has 0 fully saturated rings. The summed E-state index contributed by atoms with van der Waals surface area (Å²) in [4.78, 5) is 72.9. The van der Waals surface area contributed by atoms with E-state index in [0.29, 0.717) is 25.7 Å². The van der Waals surface area contributed by atoms with E-state index in [0.717, 1.165) is 102 Å². The highest BCUT2D eigenvalue weighted by Gasteiger charge is 2.30. The molecule has 17 nitrogen and oxygen atoms in total. The third-order valence-corrected chi connectivity index (χ3v) is 21.0. The number of esters is 4. The third-order valence-electron chi connectivity index (χ3n) is 19.1. The van der Waals surface area contributed by atoms with Gasteiger partial charge in [-0.3, -0.25) is 37.3 Å². The normalized spacial score (nSPS) is 14.1. The van der Waals surface area contributed by atoms with Crippen LogP contribution >= 0.6 is 15.6 Å². The monoisotopic (exact) mass is 1450 g/mol. The van der Waals surface area contributed by atoms with Crippen molar-refractivity contribution in [2.75, 3.05) is 39.6 Å². The van der Waals surface area contributed by atoms with Crippen molar-refractivity contribution >= 4 is 39.5 Å².